The van der Waals surface area contributed by atoms with Crippen molar-refractivity contribution < 1.29 is 4.52 Å². The number of anilines is 1. The molecule has 0 atom stereocenters. The molecule has 0 fully saturated rings. The zero-order valence-corrected chi connectivity index (χ0v) is 9.53. The van der Waals surface area contributed by atoms with Crippen molar-refractivity contribution in [1.82, 2.24) is 10.1 Å². The molecule has 0 amide bonds. The molecule has 4 nitrogen and oxygen atoms in total. The van der Waals surface area contributed by atoms with Gasteiger partial charge in [-0.25, -0.2) is 0 Å². The third-order valence-corrected chi connectivity index (χ3v) is 2.38. The second-order valence-electron chi connectivity index (χ2n) is 3.63. The quantitative estimate of drug-likeness (QED) is 0.855. The number of nitrogens with zero attached hydrogens (tertiary/aromatic N) is 2. The van der Waals surface area contributed by atoms with Crippen molar-refractivity contribution >= 4 is 5.69 Å². The van der Waals surface area contributed by atoms with Crippen molar-refractivity contribution in [3.05, 3.63) is 41.5 Å². The van der Waals surface area contributed by atoms with Crippen LogP contribution in [0.4, 0.5) is 5.69 Å². The van der Waals surface area contributed by atoms with E-state index < -0.39 is 0 Å². The van der Waals surface area contributed by atoms with Crippen LogP contribution in [0.25, 0.3) is 0 Å². The summed E-state index contributed by atoms with van der Waals surface area (Å²) < 4.78 is 4.89. The molecule has 0 unspecified atom stereocenters. The molecular weight excluding hydrogens is 202 g/mol. The molecule has 1 heterocycles. The molecule has 0 saturated heterocycles. The first-order valence-corrected chi connectivity index (χ1v) is 5.40. The van der Waals surface area contributed by atoms with Gasteiger partial charge in [0.15, 0.2) is 5.82 Å². The molecule has 0 saturated carbocycles. The number of hydrogen-bond acceptors (Lipinski definition) is 4. The molecule has 0 aliphatic carbocycles. The van der Waals surface area contributed by atoms with Crippen LogP contribution >= 0.6 is 0 Å². The van der Waals surface area contributed by atoms with Gasteiger partial charge in [-0.2, -0.15) is 4.98 Å². The highest BCUT2D eigenvalue weighted by molar-refractivity contribution is 5.44. The zero-order valence-electron chi connectivity index (χ0n) is 9.53. The Balaban J connectivity index is 1.94. The van der Waals surface area contributed by atoms with E-state index >= 15 is 0 Å². The largest absolute Gasteiger partial charge is 0.378 e. The third-order valence-electron chi connectivity index (χ3n) is 2.38. The van der Waals surface area contributed by atoms with Gasteiger partial charge in [-0.1, -0.05) is 24.2 Å². The van der Waals surface area contributed by atoms with Gasteiger partial charge in [-0.05, 0) is 24.1 Å². The fraction of sp³-hybridized carbons (Fsp3) is 0.333. The lowest BCUT2D eigenvalue weighted by molar-refractivity contribution is 0.388. The normalized spacial score (nSPS) is 10.4. The molecule has 0 radical (unpaired) electrons. The summed E-state index contributed by atoms with van der Waals surface area (Å²) in [6.45, 7) is 4.51. The number of rotatable bonds is 4. The van der Waals surface area contributed by atoms with Gasteiger partial charge in [0.05, 0.1) is 6.54 Å². The Hall–Kier alpha value is -1.84. The Kier molecular flexibility index (Phi) is 3.19. The fourth-order valence-electron chi connectivity index (χ4n) is 1.45. The minimum atomic E-state index is 0.586. The molecule has 4 heteroatoms. The number of benzene rings is 1. The predicted octanol–water partition coefficient (Wildman–Crippen LogP) is 2.55. The Labute approximate surface area is 94.7 Å². The highest BCUT2D eigenvalue weighted by Gasteiger charge is 2.01. The maximum atomic E-state index is 4.89. The summed E-state index contributed by atoms with van der Waals surface area (Å²) in [4.78, 5) is 4.12. The SMILES string of the molecule is CCc1ccc(NCc2noc(C)n2)cc1. The van der Waals surface area contributed by atoms with Gasteiger partial charge in [-0.3, -0.25) is 0 Å². The minimum Gasteiger partial charge on any atom is -0.378 e. The lowest BCUT2D eigenvalue weighted by Crippen LogP contribution is -2.01. The third kappa shape index (κ3) is 2.59. The molecule has 0 aliphatic rings. The Bertz CT molecular complexity index is 448. The Morgan fingerprint density at radius 2 is 2.00 bits per heavy atom. The van der Waals surface area contributed by atoms with Gasteiger partial charge < -0.3 is 9.84 Å². The predicted molar refractivity (Wildman–Crippen MR) is 62.2 cm³/mol. The van der Waals surface area contributed by atoms with Crippen molar-refractivity contribution in [2.75, 3.05) is 5.32 Å². The van der Waals surface area contributed by atoms with Crippen LogP contribution in [0, 0.1) is 6.92 Å². The van der Waals surface area contributed by atoms with E-state index in [0.29, 0.717) is 18.3 Å². The lowest BCUT2D eigenvalue weighted by Gasteiger charge is -2.04. The average molecular weight is 217 g/mol. The van der Waals surface area contributed by atoms with Crippen LogP contribution < -0.4 is 5.32 Å². The molecule has 0 spiro atoms. The Morgan fingerprint density at radius 1 is 1.25 bits per heavy atom. The van der Waals surface area contributed by atoms with Gasteiger partial charge in [0.1, 0.15) is 0 Å². The summed E-state index contributed by atoms with van der Waals surface area (Å²) in [5.74, 6) is 1.27. The Morgan fingerprint density at radius 3 is 2.56 bits per heavy atom. The molecule has 1 N–H and O–H groups in total. The second-order valence-corrected chi connectivity index (χ2v) is 3.63. The monoisotopic (exact) mass is 217 g/mol. The molecular formula is C12H15N3O. The van der Waals surface area contributed by atoms with Gasteiger partial charge >= 0.3 is 0 Å². The summed E-state index contributed by atoms with van der Waals surface area (Å²) in [5, 5.41) is 7.06. The van der Waals surface area contributed by atoms with Crippen molar-refractivity contribution in [3.8, 4) is 0 Å². The molecule has 0 bridgehead atoms. The van der Waals surface area contributed by atoms with E-state index in [4.69, 9.17) is 4.52 Å². The van der Waals surface area contributed by atoms with Crippen molar-refractivity contribution in [3.63, 3.8) is 0 Å². The van der Waals surface area contributed by atoms with Crippen LogP contribution in [0.15, 0.2) is 28.8 Å². The highest BCUT2D eigenvalue weighted by Crippen LogP contribution is 2.10. The second kappa shape index (κ2) is 4.79. The number of nitrogens with one attached hydrogen (secondary N) is 1. The first kappa shape index (κ1) is 10.7. The summed E-state index contributed by atoms with van der Waals surface area (Å²) in [5.41, 5.74) is 2.40. The fourth-order valence-corrected chi connectivity index (χ4v) is 1.45. The molecule has 1 aromatic carbocycles. The average Bonchev–Trinajstić information content (AvgIpc) is 2.73. The van der Waals surface area contributed by atoms with Crippen molar-refractivity contribution in [2.24, 2.45) is 0 Å². The number of hydrogen-bond donors (Lipinski definition) is 1. The lowest BCUT2D eigenvalue weighted by atomic mass is 10.1. The van der Waals surface area contributed by atoms with Crippen LogP contribution in [-0.4, -0.2) is 10.1 Å². The van der Waals surface area contributed by atoms with Gasteiger partial charge in [0.25, 0.3) is 0 Å². The molecule has 2 rings (SSSR count). The van der Waals surface area contributed by atoms with Crippen molar-refractivity contribution in [1.29, 1.82) is 0 Å². The van der Waals surface area contributed by atoms with E-state index in [1.54, 1.807) is 6.92 Å². The van der Waals surface area contributed by atoms with Gasteiger partial charge in [-0.15, -0.1) is 0 Å². The van der Waals surface area contributed by atoms with Crippen LogP contribution in [0.2, 0.25) is 0 Å². The first-order valence-electron chi connectivity index (χ1n) is 5.40. The minimum absolute atomic E-state index is 0.586. The van der Waals surface area contributed by atoms with Crippen molar-refractivity contribution in [2.45, 2.75) is 26.8 Å². The van der Waals surface area contributed by atoms with E-state index in [9.17, 15) is 0 Å². The van der Waals surface area contributed by atoms with Crippen LogP contribution in [0.1, 0.15) is 24.2 Å². The van der Waals surface area contributed by atoms with E-state index in [-0.39, 0.29) is 0 Å². The summed E-state index contributed by atoms with van der Waals surface area (Å²) in [6, 6.07) is 8.35. The van der Waals surface area contributed by atoms with E-state index in [0.717, 1.165) is 12.1 Å². The van der Waals surface area contributed by atoms with Gasteiger partial charge in [0.2, 0.25) is 5.89 Å². The summed E-state index contributed by atoms with van der Waals surface area (Å²) >= 11 is 0. The molecule has 16 heavy (non-hydrogen) atoms. The maximum absolute atomic E-state index is 4.89. The number of aromatic nitrogens is 2. The van der Waals surface area contributed by atoms with Crippen LogP contribution in [0.3, 0.4) is 0 Å². The molecule has 1 aromatic heterocycles. The van der Waals surface area contributed by atoms with Crippen LogP contribution in [0.5, 0.6) is 0 Å². The number of aryl methyl sites for hydroxylation is 2. The molecule has 84 valence electrons. The van der Waals surface area contributed by atoms with Gasteiger partial charge in [0, 0.05) is 12.6 Å². The van der Waals surface area contributed by atoms with E-state index in [2.05, 4.69) is 46.6 Å². The van der Waals surface area contributed by atoms with E-state index in [1.807, 2.05) is 0 Å². The molecule has 0 aliphatic heterocycles. The zero-order chi connectivity index (χ0) is 11.4. The summed E-state index contributed by atoms with van der Waals surface area (Å²) in [7, 11) is 0. The molecule has 2 aromatic rings. The highest BCUT2D eigenvalue weighted by atomic mass is 16.5. The first-order chi connectivity index (χ1) is 7.78. The van der Waals surface area contributed by atoms with E-state index in [1.165, 1.54) is 5.56 Å². The van der Waals surface area contributed by atoms with Crippen LogP contribution in [-0.2, 0) is 13.0 Å². The standard InChI is InChI=1S/C12H15N3O/c1-3-10-4-6-11(7-5-10)13-8-12-14-9(2)16-15-12/h4-7,13H,3,8H2,1-2H3. The maximum Gasteiger partial charge on any atom is 0.223 e. The summed E-state index contributed by atoms with van der Waals surface area (Å²) in [6.07, 6.45) is 1.06. The topological polar surface area (TPSA) is 51.0 Å². The smallest absolute Gasteiger partial charge is 0.223 e.